The Hall–Kier alpha value is -3.33. The van der Waals surface area contributed by atoms with Crippen molar-refractivity contribution in [2.45, 2.75) is 31.6 Å². The molecule has 0 bridgehead atoms. The Morgan fingerprint density at radius 2 is 1.49 bits per heavy atom. The molecule has 39 heavy (non-hydrogen) atoms. The highest BCUT2D eigenvalue weighted by Gasteiger charge is 2.41. The Kier molecular flexibility index (Phi) is 9.32. The smallest absolute Gasteiger partial charge is 0.334 e. The van der Waals surface area contributed by atoms with Gasteiger partial charge in [-0.05, 0) is 50.6 Å². The second kappa shape index (κ2) is 12.7. The van der Waals surface area contributed by atoms with E-state index in [1.54, 1.807) is 23.1 Å². The number of hydrogen-bond donors (Lipinski definition) is 3. The van der Waals surface area contributed by atoms with Crippen LogP contribution in [0.4, 0.5) is 0 Å². The standard InChI is InChI=1S/C29H31Cl2N3O5/c1-33-13-6-14-34(16-15-33)23(35)17-22-26(29(38)39)27(24-19(30)9-5-10-20(24)31)25(28(36)37)21(32-22)12-11-18-7-3-2-4-8-18/h2-5,7-10,27,32H,6,11-17H2,1H3,(H,36,37)(H,38,39). The predicted octanol–water partition coefficient (Wildman–Crippen LogP) is 4.54. The lowest BCUT2D eigenvalue weighted by molar-refractivity contribution is -0.133. The lowest BCUT2D eigenvalue weighted by Crippen LogP contribution is -2.38. The van der Waals surface area contributed by atoms with Gasteiger partial charge in [-0.3, -0.25) is 4.79 Å². The van der Waals surface area contributed by atoms with Crippen LogP contribution >= 0.6 is 23.2 Å². The number of dihydropyridines is 1. The molecule has 1 saturated heterocycles. The van der Waals surface area contributed by atoms with Gasteiger partial charge in [0.15, 0.2) is 0 Å². The normalized spacial score (nSPS) is 18.5. The van der Waals surface area contributed by atoms with Crippen molar-refractivity contribution in [3.05, 3.63) is 92.2 Å². The topological polar surface area (TPSA) is 110 Å². The van der Waals surface area contributed by atoms with Crippen molar-refractivity contribution in [3.63, 3.8) is 0 Å². The number of carboxylic acid groups (broad SMARTS) is 2. The number of carboxylic acids is 2. The van der Waals surface area contributed by atoms with Crippen LogP contribution in [0.1, 0.15) is 36.3 Å². The molecule has 10 heteroatoms. The number of likely N-dealkylation sites (N-methyl/N-ethyl adjacent to an activating group) is 1. The summed E-state index contributed by atoms with van der Waals surface area (Å²) in [7, 11) is 2.00. The van der Waals surface area contributed by atoms with Gasteiger partial charge in [0.1, 0.15) is 0 Å². The van der Waals surface area contributed by atoms with E-state index in [0.717, 1.165) is 18.5 Å². The number of aliphatic carboxylic acids is 2. The summed E-state index contributed by atoms with van der Waals surface area (Å²) < 4.78 is 0. The largest absolute Gasteiger partial charge is 0.478 e. The Morgan fingerprint density at radius 3 is 2.13 bits per heavy atom. The Morgan fingerprint density at radius 1 is 0.846 bits per heavy atom. The van der Waals surface area contributed by atoms with Crippen LogP contribution in [0.25, 0.3) is 0 Å². The number of nitrogens with zero attached hydrogens (tertiary/aromatic N) is 2. The Labute approximate surface area is 237 Å². The number of benzene rings is 2. The molecule has 1 fully saturated rings. The maximum atomic E-state index is 13.4. The number of halogens is 2. The first-order valence-electron chi connectivity index (χ1n) is 12.8. The van der Waals surface area contributed by atoms with Gasteiger partial charge in [-0.15, -0.1) is 0 Å². The lowest BCUT2D eigenvalue weighted by Gasteiger charge is -2.33. The zero-order chi connectivity index (χ0) is 28.1. The number of rotatable bonds is 8. The first kappa shape index (κ1) is 28.7. The minimum Gasteiger partial charge on any atom is -0.478 e. The van der Waals surface area contributed by atoms with Crippen molar-refractivity contribution >= 4 is 41.0 Å². The number of aryl methyl sites for hydroxylation is 1. The summed E-state index contributed by atoms with van der Waals surface area (Å²) in [6, 6.07) is 14.3. The Bertz CT molecular complexity index is 1310. The molecule has 1 unspecified atom stereocenters. The number of allylic oxidation sites excluding steroid dienone is 1. The molecule has 0 aliphatic carbocycles. The van der Waals surface area contributed by atoms with Crippen molar-refractivity contribution in [1.82, 2.24) is 15.1 Å². The second-order valence-corrected chi connectivity index (χ2v) is 10.6. The van der Waals surface area contributed by atoms with Crippen molar-refractivity contribution < 1.29 is 24.6 Å². The van der Waals surface area contributed by atoms with Crippen LogP contribution in [0.3, 0.4) is 0 Å². The van der Waals surface area contributed by atoms with Crippen LogP contribution < -0.4 is 5.32 Å². The highest BCUT2D eigenvalue weighted by Crippen LogP contribution is 2.45. The minimum absolute atomic E-state index is 0.147. The van der Waals surface area contributed by atoms with Crippen molar-refractivity contribution in [2.24, 2.45) is 0 Å². The molecule has 1 amide bonds. The van der Waals surface area contributed by atoms with E-state index in [4.69, 9.17) is 23.2 Å². The monoisotopic (exact) mass is 571 g/mol. The molecule has 8 nitrogen and oxygen atoms in total. The first-order chi connectivity index (χ1) is 18.7. The fourth-order valence-corrected chi connectivity index (χ4v) is 5.82. The molecule has 2 aromatic rings. The maximum absolute atomic E-state index is 13.4. The number of hydrogen-bond acceptors (Lipinski definition) is 5. The average molecular weight is 572 g/mol. The van der Waals surface area contributed by atoms with Crippen LogP contribution in [0.5, 0.6) is 0 Å². The first-order valence-corrected chi connectivity index (χ1v) is 13.6. The molecule has 4 rings (SSSR count). The summed E-state index contributed by atoms with van der Waals surface area (Å²) in [5.74, 6) is -4.13. The van der Waals surface area contributed by atoms with Crippen LogP contribution in [0.15, 0.2) is 71.1 Å². The molecular weight excluding hydrogens is 541 g/mol. The highest BCUT2D eigenvalue weighted by atomic mass is 35.5. The summed E-state index contributed by atoms with van der Waals surface area (Å²) in [5, 5.41) is 24.1. The molecule has 1 atom stereocenters. The number of amides is 1. The van der Waals surface area contributed by atoms with E-state index in [1.807, 2.05) is 37.4 Å². The molecule has 2 aliphatic rings. The van der Waals surface area contributed by atoms with Gasteiger partial charge in [-0.25, -0.2) is 9.59 Å². The van der Waals surface area contributed by atoms with Gasteiger partial charge >= 0.3 is 11.9 Å². The minimum atomic E-state index is -1.34. The van der Waals surface area contributed by atoms with Crippen LogP contribution in [-0.4, -0.2) is 71.1 Å². The molecule has 206 valence electrons. The predicted molar refractivity (Wildman–Crippen MR) is 150 cm³/mol. The number of carbonyl (C=O) groups is 3. The van der Waals surface area contributed by atoms with E-state index in [-0.39, 0.29) is 51.2 Å². The fourth-order valence-electron chi connectivity index (χ4n) is 5.20. The van der Waals surface area contributed by atoms with Gasteiger partial charge in [0.2, 0.25) is 5.91 Å². The summed E-state index contributed by atoms with van der Waals surface area (Å²) in [5.41, 5.74) is 1.27. The second-order valence-electron chi connectivity index (χ2n) is 9.79. The third-order valence-electron chi connectivity index (χ3n) is 7.19. The van der Waals surface area contributed by atoms with Gasteiger partial charge in [0, 0.05) is 46.6 Å². The molecule has 0 saturated carbocycles. The summed E-state index contributed by atoms with van der Waals surface area (Å²) >= 11 is 13.0. The quantitative estimate of drug-likeness (QED) is 0.426. The van der Waals surface area contributed by atoms with Gasteiger partial charge in [-0.1, -0.05) is 59.6 Å². The van der Waals surface area contributed by atoms with Crippen LogP contribution in [0.2, 0.25) is 10.0 Å². The Balaban J connectivity index is 1.80. The maximum Gasteiger partial charge on any atom is 0.334 e. The molecule has 3 N–H and O–H groups in total. The van der Waals surface area contributed by atoms with E-state index in [0.29, 0.717) is 31.8 Å². The molecular formula is C29H31Cl2N3O5. The summed E-state index contributed by atoms with van der Waals surface area (Å²) in [6.45, 7) is 2.68. The van der Waals surface area contributed by atoms with Crippen LogP contribution in [0, 0.1) is 0 Å². The SMILES string of the molecule is CN1CCCN(C(=O)CC2=C(C(=O)O)C(c3c(Cl)cccc3Cl)C(C(=O)O)=C(CCc3ccccc3)N2)CC1. The summed E-state index contributed by atoms with van der Waals surface area (Å²) in [4.78, 5) is 42.8. The van der Waals surface area contributed by atoms with Gasteiger partial charge in [-0.2, -0.15) is 0 Å². The number of nitrogens with one attached hydrogen (secondary N) is 1. The third-order valence-corrected chi connectivity index (χ3v) is 7.84. The van der Waals surface area contributed by atoms with Crippen molar-refractivity contribution in [3.8, 4) is 0 Å². The van der Waals surface area contributed by atoms with Gasteiger partial charge in [0.05, 0.1) is 23.5 Å². The summed E-state index contributed by atoms with van der Waals surface area (Å²) in [6.07, 6.45) is 1.38. The molecule has 2 aromatic carbocycles. The zero-order valence-corrected chi connectivity index (χ0v) is 23.1. The van der Waals surface area contributed by atoms with E-state index in [2.05, 4.69) is 10.2 Å². The molecule has 0 aromatic heterocycles. The lowest BCUT2D eigenvalue weighted by atomic mass is 9.78. The molecule has 2 heterocycles. The fraction of sp³-hybridized carbons (Fsp3) is 0.345. The van der Waals surface area contributed by atoms with E-state index >= 15 is 0 Å². The van der Waals surface area contributed by atoms with E-state index in [1.165, 1.54) is 0 Å². The zero-order valence-electron chi connectivity index (χ0n) is 21.6. The van der Waals surface area contributed by atoms with Crippen LogP contribution in [-0.2, 0) is 20.8 Å². The van der Waals surface area contributed by atoms with Gasteiger partial charge in [0.25, 0.3) is 0 Å². The third kappa shape index (κ3) is 6.64. The molecule has 2 aliphatic heterocycles. The van der Waals surface area contributed by atoms with E-state index in [9.17, 15) is 24.6 Å². The van der Waals surface area contributed by atoms with E-state index < -0.39 is 17.9 Å². The number of carbonyl (C=O) groups excluding carboxylic acids is 1. The average Bonchev–Trinajstić information content (AvgIpc) is 3.11. The van der Waals surface area contributed by atoms with Crippen molar-refractivity contribution in [1.29, 1.82) is 0 Å². The molecule has 0 radical (unpaired) electrons. The highest BCUT2D eigenvalue weighted by molar-refractivity contribution is 6.36. The molecule has 0 spiro atoms. The van der Waals surface area contributed by atoms with Gasteiger partial charge < -0.3 is 25.3 Å². The van der Waals surface area contributed by atoms with Crippen molar-refractivity contribution in [2.75, 3.05) is 33.2 Å².